The van der Waals surface area contributed by atoms with Crippen LogP contribution in [0.15, 0.2) is 12.7 Å². The molecule has 1 heteroatoms. The molecule has 0 heterocycles. The minimum Gasteiger partial charge on any atom is -0.316 e. The molecule has 0 fully saturated rings. The van der Waals surface area contributed by atoms with Crippen LogP contribution >= 0.6 is 0 Å². The molecular formula is C8H17N. The maximum Gasteiger partial charge on any atom is -0.00143 e. The first kappa shape index (κ1) is 8.70. The standard InChI is InChI=1S/C8H17N/c1-4-5-6-9-7-8(2)3/h4,8-9H,1,5-7H2,2-3H3. The van der Waals surface area contributed by atoms with Gasteiger partial charge in [0.1, 0.15) is 0 Å². The smallest absolute Gasteiger partial charge is 0.00143 e. The van der Waals surface area contributed by atoms with Gasteiger partial charge in [0.15, 0.2) is 0 Å². The van der Waals surface area contributed by atoms with Crippen LogP contribution in [0.4, 0.5) is 0 Å². The highest BCUT2D eigenvalue weighted by molar-refractivity contribution is 4.67. The van der Waals surface area contributed by atoms with E-state index in [-0.39, 0.29) is 0 Å². The first-order valence-electron chi connectivity index (χ1n) is 3.59. The molecule has 0 saturated heterocycles. The summed E-state index contributed by atoms with van der Waals surface area (Å²) in [7, 11) is 0. The van der Waals surface area contributed by atoms with Crippen molar-refractivity contribution in [2.45, 2.75) is 20.3 Å². The van der Waals surface area contributed by atoms with Crippen LogP contribution < -0.4 is 5.32 Å². The van der Waals surface area contributed by atoms with Crippen molar-refractivity contribution in [2.24, 2.45) is 5.92 Å². The lowest BCUT2D eigenvalue weighted by molar-refractivity contribution is 0.557. The average molecular weight is 127 g/mol. The summed E-state index contributed by atoms with van der Waals surface area (Å²) in [4.78, 5) is 0. The Balaban J connectivity index is 2.82. The number of hydrogen-bond donors (Lipinski definition) is 1. The van der Waals surface area contributed by atoms with Crippen LogP contribution in [0.5, 0.6) is 0 Å². The molecule has 1 N–H and O–H groups in total. The van der Waals surface area contributed by atoms with Crippen LogP contribution in [0, 0.1) is 5.92 Å². The molecule has 0 radical (unpaired) electrons. The zero-order chi connectivity index (χ0) is 7.11. The van der Waals surface area contributed by atoms with Crippen LogP contribution in [0.25, 0.3) is 0 Å². The van der Waals surface area contributed by atoms with Crippen molar-refractivity contribution in [1.29, 1.82) is 0 Å². The Labute approximate surface area is 58.2 Å². The maximum absolute atomic E-state index is 3.64. The first-order chi connectivity index (χ1) is 4.27. The molecule has 0 aliphatic carbocycles. The Bertz CT molecular complexity index is 67.0. The van der Waals surface area contributed by atoms with Crippen molar-refractivity contribution in [3.63, 3.8) is 0 Å². The van der Waals surface area contributed by atoms with E-state index in [2.05, 4.69) is 25.7 Å². The van der Waals surface area contributed by atoms with Gasteiger partial charge in [0.25, 0.3) is 0 Å². The SMILES string of the molecule is C=CCCNCC(C)C. The summed E-state index contributed by atoms with van der Waals surface area (Å²) in [5, 5.41) is 3.31. The van der Waals surface area contributed by atoms with Gasteiger partial charge in [0, 0.05) is 0 Å². The van der Waals surface area contributed by atoms with Crippen molar-refractivity contribution < 1.29 is 0 Å². The highest BCUT2D eigenvalue weighted by atomic mass is 14.8. The molecule has 0 bridgehead atoms. The van der Waals surface area contributed by atoms with Gasteiger partial charge in [0.2, 0.25) is 0 Å². The van der Waals surface area contributed by atoms with Gasteiger partial charge in [0.05, 0.1) is 0 Å². The van der Waals surface area contributed by atoms with E-state index in [0.29, 0.717) is 0 Å². The molecule has 0 aromatic carbocycles. The number of rotatable bonds is 5. The van der Waals surface area contributed by atoms with E-state index in [9.17, 15) is 0 Å². The van der Waals surface area contributed by atoms with Crippen molar-refractivity contribution in [2.75, 3.05) is 13.1 Å². The molecule has 0 rings (SSSR count). The summed E-state index contributed by atoms with van der Waals surface area (Å²) in [6.07, 6.45) is 3.01. The highest BCUT2D eigenvalue weighted by Gasteiger charge is 1.89. The van der Waals surface area contributed by atoms with E-state index in [1.54, 1.807) is 0 Å². The third-order valence-electron chi connectivity index (χ3n) is 1.08. The quantitative estimate of drug-likeness (QED) is 0.438. The molecule has 1 nitrogen and oxygen atoms in total. The van der Waals surface area contributed by atoms with Crippen LogP contribution in [0.2, 0.25) is 0 Å². The zero-order valence-corrected chi connectivity index (χ0v) is 6.48. The van der Waals surface area contributed by atoms with Gasteiger partial charge in [-0.25, -0.2) is 0 Å². The monoisotopic (exact) mass is 127 g/mol. The molecule has 0 saturated carbocycles. The second-order valence-corrected chi connectivity index (χ2v) is 2.68. The Kier molecular flexibility index (Phi) is 5.64. The predicted molar refractivity (Wildman–Crippen MR) is 42.5 cm³/mol. The van der Waals surface area contributed by atoms with Crippen molar-refractivity contribution in [3.8, 4) is 0 Å². The van der Waals surface area contributed by atoms with E-state index >= 15 is 0 Å². The van der Waals surface area contributed by atoms with Gasteiger partial charge in [-0.3, -0.25) is 0 Å². The highest BCUT2D eigenvalue weighted by Crippen LogP contribution is 1.86. The summed E-state index contributed by atoms with van der Waals surface area (Å²) in [5.41, 5.74) is 0. The lowest BCUT2D eigenvalue weighted by Crippen LogP contribution is -2.20. The predicted octanol–water partition coefficient (Wildman–Crippen LogP) is 1.81. The summed E-state index contributed by atoms with van der Waals surface area (Å²) >= 11 is 0. The van der Waals surface area contributed by atoms with Gasteiger partial charge in [-0.2, -0.15) is 0 Å². The van der Waals surface area contributed by atoms with Crippen LogP contribution in [-0.2, 0) is 0 Å². The second-order valence-electron chi connectivity index (χ2n) is 2.68. The van der Waals surface area contributed by atoms with Crippen LogP contribution in [-0.4, -0.2) is 13.1 Å². The summed E-state index contributed by atoms with van der Waals surface area (Å²) < 4.78 is 0. The lowest BCUT2D eigenvalue weighted by Gasteiger charge is -2.04. The molecule has 0 spiro atoms. The third-order valence-corrected chi connectivity index (χ3v) is 1.08. The van der Waals surface area contributed by atoms with E-state index < -0.39 is 0 Å². The second kappa shape index (κ2) is 5.83. The minimum absolute atomic E-state index is 0.759. The Morgan fingerprint density at radius 1 is 1.56 bits per heavy atom. The van der Waals surface area contributed by atoms with Gasteiger partial charge in [-0.15, -0.1) is 6.58 Å². The summed E-state index contributed by atoms with van der Waals surface area (Å²) in [6, 6.07) is 0. The van der Waals surface area contributed by atoms with Crippen LogP contribution in [0.3, 0.4) is 0 Å². The van der Waals surface area contributed by atoms with E-state index in [1.165, 1.54) is 0 Å². The van der Waals surface area contributed by atoms with Gasteiger partial charge >= 0.3 is 0 Å². The molecule has 0 unspecified atom stereocenters. The van der Waals surface area contributed by atoms with Crippen LogP contribution in [0.1, 0.15) is 20.3 Å². The zero-order valence-electron chi connectivity index (χ0n) is 6.48. The fourth-order valence-corrected chi connectivity index (χ4v) is 0.595. The first-order valence-corrected chi connectivity index (χ1v) is 3.59. The normalized spacial score (nSPS) is 10.1. The number of nitrogens with one attached hydrogen (secondary N) is 1. The molecular weight excluding hydrogens is 110 g/mol. The van der Waals surface area contributed by atoms with E-state index in [4.69, 9.17) is 0 Å². The molecule has 0 aromatic rings. The fraction of sp³-hybridized carbons (Fsp3) is 0.750. The van der Waals surface area contributed by atoms with Crippen molar-refractivity contribution in [1.82, 2.24) is 5.32 Å². The lowest BCUT2D eigenvalue weighted by atomic mass is 10.2. The Morgan fingerprint density at radius 3 is 2.67 bits per heavy atom. The summed E-state index contributed by atoms with van der Waals surface area (Å²) in [5.74, 6) is 0.759. The van der Waals surface area contributed by atoms with Crippen molar-refractivity contribution in [3.05, 3.63) is 12.7 Å². The molecule has 0 aliphatic heterocycles. The Hall–Kier alpha value is -0.300. The largest absolute Gasteiger partial charge is 0.316 e. The van der Waals surface area contributed by atoms with E-state index in [1.807, 2.05) is 6.08 Å². The Morgan fingerprint density at radius 2 is 2.22 bits per heavy atom. The number of hydrogen-bond acceptors (Lipinski definition) is 1. The molecule has 0 aliphatic rings. The molecule has 0 aromatic heterocycles. The molecule has 0 amide bonds. The van der Waals surface area contributed by atoms with Gasteiger partial charge < -0.3 is 5.32 Å². The van der Waals surface area contributed by atoms with Crippen molar-refractivity contribution >= 4 is 0 Å². The molecule has 54 valence electrons. The third kappa shape index (κ3) is 7.70. The van der Waals surface area contributed by atoms with E-state index in [0.717, 1.165) is 25.4 Å². The fourth-order valence-electron chi connectivity index (χ4n) is 0.595. The molecule has 9 heavy (non-hydrogen) atoms. The average Bonchev–Trinajstić information content (AvgIpc) is 1.80. The van der Waals surface area contributed by atoms with Gasteiger partial charge in [-0.1, -0.05) is 19.9 Å². The summed E-state index contributed by atoms with van der Waals surface area (Å²) in [6.45, 7) is 10.2. The maximum atomic E-state index is 3.64. The minimum atomic E-state index is 0.759. The topological polar surface area (TPSA) is 12.0 Å². The van der Waals surface area contributed by atoms with Gasteiger partial charge in [-0.05, 0) is 25.4 Å². The molecule has 0 atom stereocenters.